The zero-order chi connectivity index (χ0) is 15.8. The van der Waals surface area contributed by atoms with Gasteiger partial charge in [-0.3, -0.25) is 9.59 Å². The summed E-state index contributed by atoms with van der Waals surface area (Å²) in [6.45, 7) is 11.8. The molecule has 1 atom stereocenters. The van der Waals surface area contributed by atoms with Crippen molar-refractivity contribution in [3.63, 3.8) is 0 Å². The summed E-state index contributed by atoms with van der Waals surface area (Å²) in [4.78, 5) is 25.5. The summed E-state index contributed by atoms with van der Waals surface area (Å²) < 4.78 is 0. The third-order valence-electron chi connectivity index (χ3n) is 3.43. The number of amides is 2. The van der Waals surface area contributed by atoms with E-state index >= 15 is 0 Å². The van der Waals surface area contributed by atoms with Gasteiger partial charge in [0, 0.05) is 38.0 Å². The highest BCUT2D eigenvalue weighted by atomic mass is 35.5. The van der Waals surface area contributed by atoms with E-state index < -0.39 is 0 Å². The van der Waals surface area contributed by atoms with E-state index in [1.165, 1.54) is 0 Å². The van der Waals surface area contributed by atoms with Crippen LogP contribution < -0.4 is 11.1 Å². The summed E-state index contributed by atoms with van der Waals surface area (Å²) in [6.07, 6.45) is 1.32. The Balaban J connectivity index is 0. The second kappa shape index (κ2) is 10.9. The standard InChI is InChI=1S/C15H31N3O2.ClH/c1-6-18(7-2)14(20)9-8-13(19)17-15(5,11-16)10-12(3)4;/h12H,6-11,16H2,1-5H3,(H,17,19);1H. The van der Waals surface area contributed by atoms with E-state index in [-0.39, 0.29) is 42.6 Å². The summed E-state index contributed by atoms with van der Waals surface area (Å²) in [5.74, 6) is 0.392. The number of halogens is 1. The van der Waals surface area contributed by atoms with Crippen molar-refractivity contribution >= 4 is 24.2 Å². The van der Waals surface area contributed by atoms with Gasteiger partial charge in [0.05, 0.1) is 0 Å². The minimum Gasteiger partial charge on any atom is -0.350 e. The first-order chi connectivity index (χ1) is 9.27. The molecular weight excluding hydrogens is 290 g/mol. The maximum atomic E-state index is 12.0. The predicted molar refractivity (Wildman–Crippen MR) is 89.5 cm³/mol. The van der Waals surface area contributed by atoms with Gasteiger partial charge in [0.2, 0.25) is 11.8 Å². The summed E-state index contributed by atoms with van der Waals surface area (Å²) in [6, 6.07) is 0. The number of hydrogen-bond donors (Lipinski definition) is 2. The molecule has 2 amide bonds. The molecule has 0 aromatic rings. The third-order valence-corrected chi connectivity index (χ3v) is 3.43. The highest BCUT2D eigenvalue weighted by Gasteiger charge is 2.26. The first kappa shape index (κ1) is 22.5. The fourth-order valence-electron chi connectivity index (χ4n) is 2.44. The quantitative estimate of drug-likeness (QED) is 0.681. The fourth-order valence-corrected chi connectivity index (χ4v) is 2.44. The Labute approximate surface area is 135 Å². The number of carbonyl (C=O) groups is 2. The Morgan fingerprint density at radius 2 is 1.71 bits per heavy atom. The largest absolute Gasteiger partial charge is 0.350 e. The van der Waals surface area contributed by atoms with Gasteiger partial charge in [-0.15, -0.1) is 12.4 Å². The maximum absolute atomic E-state index is 12.0. The molecule has 6 heteroatoms. The molecule has 0 radical (unpaired) electrons. The van der Waals surface area contributed by atoms with Crippen LogP contribution in [0.2, 0.25) is 0 Å². The van der Waals surface area contributed by atoms with Crippen molar-refractivity contribution in [3.8, 4) is 0 Å². The van der Waals surface area contributed by atoms with E-state index in [1.54, 1.807) is 4.90 Å². The van der Waals surface area contributed by atoms with Crippen molar-refractivity contribution in [1.29, 1.82) is 0 Å². The van der Waals surface area contributed by atoms with Crippen LogP contribution >= 0.6 is 12.4 Å². The van der Waals surface area contributed by atoms with Gasteiger partial charge in [-0.2, -0.15) is 0 Å². The van der Waals surface area contributed by atoms with Gasteiger partial charge in [-0.25, -0.2) is 0 Å². The molecule has 0 aromatic heterocycles. The number of nitrogens with zero attached hydrogens (tertiary/aromatic N) is 1. The van der Waals surface area contributed by atoms with Crippen LogP contribution in [0.3, 0.4) is 0 Å². The van der Waals surface area contributed by atoms with Crippen LogP contribution in [-0.2, 0) is 9.59 Å². The molecule has 3 N–H and O–H groups in total. The summed E-state index contributed by atoms with van der Waals surface area (Å²) >= 11 is 0. The molecule has 21 heavy (non-hydrogen) atoms. The molecule has 0 aliphatic carbocycles. The third kappa shape index (κ3) is 8.94. The van der Waals surface area contributed by atoms with Crippen molar-refractivity contribution in [3.05, 3.63) is 0 Å². The number of hydrogen-bond acceptors (Lipinski definition) is 3. The van der Waals surface area contributed by atoms with Gasteiger partial charge in [-0.05, 0) is 33.1 Å². The van der Waals surface area contributed by atoms with E-state index in [2.05, 4.69) is 19.2 Å². The molecule has 0 saturated heterocycles. The summed E-state index contributed by atoms with van der Waals surface area (Å²) in [7, 11) is 0. The van der Waals surface area contributed by atoms with Crippen molar-refractivity contribution in [1.82, 2.24) is 10.2 Å². The molecule has 0 aliphatic rings. The van der Waals surface area contributed by atoms with Gasteiger partial charge in [0.1, 0.15) is 0 Å². The van der Waals surface area contributed by atoms with Crippen LogP contribution in [0.25, 0.3) is 0 Å². The molecule has 0 spiro atoms. The number of carbonyl (C=O) groups excluding carboxylic acids is 2. The van der Waals surface area contributed by atoms with Crippen LogP contribution in [-0.4, -0.2) is 41.9 Å². The van der Waals surface area contributed by atoms with E-state index in [4.69, 9.17) is 5.73 Å². The van der Waals surface area contributed by atoms with Crippen molar-refractivity contribution < 1.29 is 9.59 Å². The van der Waals surface area contributed by atoms with Gasteiger partial charge in [0.25, 0.3) is 0 Å². The van der Waals surface area contributed by atoms with Crippen LogP contribution in [0.1, 0.15) is 53.9 Å². The SMILES string of the molecule is CCN(CC)C(=O)CCC(=O)NC(C)(CN)CC(C)C.Cl. The van der Waals surface area contributed by atoms with Gasteiger partial charge in [-0.1, -0.05) is 13.8 Å². The van der Waals surface area contributed by atoms with E-state index in [0.717, 1.165) is 6.42 Å². The Kier molecular flexibility index (Phi) is 11.6. The average Bonchev–Trinajstić information content (AvgIpc) is 2.36. The Bertz CT molecular complexity index is 320. The number of rotatable bonds is 9. The van der Waals surface area contributed by atoms with Gasteiger partial charge < -0.3 is 16.0 Å². The fraction of sp³-hybridized carbons (Fsp3) is 0.867. The van der Waals surface area contributed by atoms with E-state index in [0.29, 0.717) is 25.6 Å². The lowest BCUT2D eigenvalue weighted by atomic mass is 9.90. The van der Waals surface area contributed by atoms with Gasteiger partial charge in [0.15, 0.2) is 0 Å². The minimum atomic E-state index is -0.385. The predicted octanol–water partition coefficient (Wildman–Crippen LogP) is 1.94. The molecule has 5 nitrogen and oxygen atoms in total. The Morgan fingerprint density at radius 1 is 1.19 bits per heavy atom. The summed E-state index contributed by atoms with van der Waals surface area (Å²) in [5, 5.41) is 2.97. The topological polar surface area (TPSA) is 75.4 Å². The molecule has 0 bridgehead atoms. The smallest absolute Gasteiger partial charge is 0.223 e. The zero-order valence-electron chi connectivity index (χ0n) is 14.1. The van der Waals surface area contributed by atoms with E-state index in [9.17, 15) is 9.59 Å². The zero-order valence-corrected chi connectivity index (χ0v) is 14.9. The van der Waals surface area contributed by atoms with Crippen LogP contribution in [0, 0.1) is 5.92 Å². The number of nitrogens with one attached hydrogen (secondary N) is 1. The van der Waals surface area contributed by atoms with E-state index in [1.807, 2.05) is 20.8 Å². The first-order valence-corrected chi connectivity index (χ1v) is 7.56. The molecule has 0 saturated carbocycles. The Hall–Kier alpha value is -0.810. The maximum Gasteiger partial charge on any atom is 0.223 e. The lowest BCUT2D eigenvalue weighted by molar-refractivity contribution is -0.133. The highest BCUT2D eigenvalue weighted by molar-refractivity contribution is 5.85. The Morgan fingerprint density at radius 3 is 2.10 bits per heavy atom. The second-order valence-electron chi connectivity index (χ2n) is 5.98. The average molecular weight is 322 g/mol. The minimum absolute atomic E-state index is 0. The normalized spacial score (nSPS) is 13.3. The first-order valence-electron chi connectivity index (χ1n) is 7.56. The molecule has 0 rings (SSSR count). The van der Waals surface area contributed by atoms with Crippen molar-refractivity contribution in [2.24, 2.45) is 11.7 Å². The molecule has 0 fully saturated rings. The lowest BCUT2D eigenvalue weighted by Crippen LogP contribution is -2.52. The van der Waals surface area contributed by atoms with Crippen molar-refractivity contribution in [2.45, 2.75) is 59.4 Å². The van der Waals surface area contributed by atoms with Crippen LogP contribution in [0.5, 0.6) is 0 Å². The lowest BCUT2D eigenvalue weighted by Gasteiger charge is -2.31. The van der Waals surface area contributed by atoms with Gasteiger partial charge >= 0.3 is 0 Å². The molecular formula is C15H32ClN3O2. The second-order valence-corrected chi connectivity index (χ2v) is 5.98. The van der Waals surface area contributed by atoms with Crippen LogP contribution in [0.15, 0.2) is 0 Å². The van der Waals surface area contributed by atoms with Crippen LogP contribution in [0.4, 0.5) is 0 Å². The molecule has 0 heterocycles. The molecule has 0 aromatic carbocycles. The molecule has 0 aliphatic heterocycles. The molecule has 126 valence electrons. The highest BCUT2D eigenvalue weighted by Crippen LogP contribution is 2.15. The van der Waals surface area contributed by atoms with Crippen molar-refractivity contribution in [2.75, 3.05) is 19.6 Å². The number of nitrogens with two attached hydrogens (primary N) is 1. The monoisotopic (exact) mass is 321 g/mol. The molecule has 1 unspecified atom stereocenters. The summed E-state index contributed by atoms with van der Waals surface area (Å²) in [5.41, 5.74) is 5.38.